The predicted octanol–water partition coefficient (Wildman–Crippen LogP) is 23.9. The van der Waals surface area contributed by atoms with E-state index in [1.54, 1.807) is 0 Å². The minimum Gasteiger partial charge on any atom is -0.453 e. The van der Waals surface area contributed by atoms with Crippen molar-refractivity contribution in [3.8, 4) is 22.3 Å². The number of fused-ring (bicyclic) bond motifs is 6. The molecule has 0 aliphatic heterocycles. The molecule has 2 aliphatic rings. The Labute approximate surface area is 491 Å². The molecule has 0 N–H and O–H groups in total. The third-order valence-corrected chi connectivity index (χ3v) is 19.4. The quantitative estimate of drug-likeness (QED) is 0.114. The second kappa shape index (κ2) is 20.9. The van der Waals surface area contributed by atoms with Crippen molar-refractivity contribution in [3.63, 3.8) is 0 Å². The summed E-state index contributed by atoms with van der Waals surface area (Å²) in [6.07, 6.45) is 14.8. The maximum atomic E-state index is 7.34. The molecule has 0 amide bonds. The van der Waals surface area contributed by atoms with Crippen LogP contribution in [0.15, 0.2) is 227 Å². The monoisotopic (exact) mass is 1090 g/mol. The van der Waals surface area contributed by atoms with Crippen LogP contribution in [0, 0.1) is 0 Å². The predicted molar refractivity (Wildman–Crippen MR) is 355 cm³/mol. The molecule has 2 aliphatic carbocycles. The fraction of sp³-hybridized carbons (Fsp3) is 0.200. The molecule has 0 radical (unpaired) electrons. The van der Waals surface area contributed by atoms with Crippen molar-refractivity contribution < 1.29 is 8.83 Å². The first-order chi connectivity index (χ1) is 41.6. The van der Waals surface area contributed by atoms with Crippen molar-refractivity contribution >= 4 is 110 Å². The Balaban J connectivity index is 0.912. The molecule has 16 rings (SSSR count). The molecule has 0 spiro atoms. The fourth-order valence-electron chi connectivity index (χ4n) is 15.2. The lowest BCUT2D eigenvalue weighted by Gasteiger charge is -2.30. The van der Waals surface area contributed by atoms with Gasteiger partial charge < -0.3 is 18.6 Å². The molecule has 0 atom stereocenters. The molecule has 0 bridgehead atoms. The zero-order valence-electron chi connectivity index (χ0n) is 48.1. The van der Waals surface area contributed by atoms with Gasteiger partial charge >= 0.3 is 0 Å². The van der Waals surface area contributed by atoms with E-state index in [1.165, 1.54) is 130 Å². The van der Waals surface area contributed by atoms with Crippen LogP contribution in [0.2, 0.25) is 0 Å². The standard InChI is InChI=1S/C80H68N2O2/c1-3-51-19-11-13-25-61(51)63-27-15-29-65-67-31-17-33-73(79(67)83-77(63)65)81(59-43-35-55(36-44-59)53-21-7-5-8-22-53)71-49-41-57-40-48-70-72(50-42-58-39-47-69(71)75(57)76(58)70)82(60-45-37-56(38-46-60)54-23-9-6-10-24-54)74-34-18-32-68-66-30-16-28-64(78(66)84-80(68)74)62-26-14-12-20-52(62)4-2/h11-20,25-50,53-54H,3-10,21-24H2,1-2H3. The molecule has 2 fully saturated rings. The Hall–Kier alpha value is -9.12. The molecule has 12 aromatic carbocycles. The van der Waals surface area contributed by atoms with Crippen molar-refractivity contribution in [2.75, 3.05) is 9.80 Å². The average Bonchev–Trinajstić information content (AvgIpc) is 3.79. The normalized spacial score (nSPS) is 14.5. The number of hydrogen-bond donors (Lipinski definition) is 0. The van der Waals surface area contributed by atoms with Crippen LogP contribution in [0.4, 0.5) is 34.1 Å². The van der Waals surface area contributed by atoms with E-state index in [0.717, 1.165) is 102 Å². The lowest BCUT2D eigenvalue weighted by atomic mass is 9.84. The molecule has 2 aromatic heterocycles. The highest BCUT2D eigenvalue weighted by molar-refractivity contribution is 6.29. The van der Waals surface area contributed by atoms with Gasteiger partial charge in [-0.25, -0.2) is 0 Å². The van der Waals surface area contributed by atoms with Gasteiger partial charge in [0.05, 0.1) is 22.7 Å². The van der Waals surface area contributed by atoms with Gasteiger partial charge in [0, 0.05) is 54.8 Å². The number of aryl methyl sites for hydroxylation is 2. The smallest absolute Gasteiger partial charge is 0.159 e. The summed E-state index contributed by atoms with van der Waals surface area (Å²) >= 11 is 0. The van der Waals surface area contributed by atoms with E-state index in [4.69, 9.17) is 8.83 Å². The molecule has 0 unspecified atom stereocenters. The summed E-state index contributed by atoms with van der Waals surface area (Å²) in [5.41, 5.74) is 20.3. The maximum absolute atomic E-state index is 7.34. The lowest BCUT2D eigenvalue weighted by molar-refractivity contribution is 0.443. The largest absolute Gasteiger partial charge is 0.453 e. The van der Waals surface area contributed by atoms with Crippen molar-refractivity contribution in [2.24, 2.45) is 0 Å². The van der Waals surface area contributed by atoms with Crippen molar-refractivity contribution in [3.05, 3.63) is 241 Å². The van der Waals surface area contributed by atoms with E-state index in [9.17, 15) is 0 Å². The van der Waals surface area contributed by atoms with Crippen molar-refractivity contribution in [2.45, 2.75) is 103 Å². The van der Waals surface area contributed by atoms with Crippen LogP contribution in [0.25, 0.3) is 98.4 Å². The molecule has 14 aromatic rings. The summed E-state index contributed by atoms with van der Waals surface area (Å²) in [7, 11) is 0. The summed E-state index contributed by atoms with van der Waals surface area (Å²) in [6, 6.07) is 82.2. The second-order valence-electron chi connectivity index (χ2n) is 24.0. The Morgan fingerprint density at radius 2 is 0.679 bits per heavy atom. The molecular weight excluding hydrogens is 1020 g/mol. The van der Waals surface area contributed by atoms with Crippen LogP contribution in [0.1, 0.15) is 112 Å². The van der Waals surface area contributed by atoms with E-state index >= 15 is 0 Å². The SMILES string of the molecule is CCc1ccccc1-c1cccc2c1oc1c(N(c3ccc(C4CCCCC4)cc3)c3ccc4ccc5c(N(c6ccc(C7CCCCC7)cc6)c6cccc7c6oc6c(-c8ccccc8CC)cccc67)ccc6ccc3c4c65)cccc12. The maximum Gasteiger partial charge on any atom is 0.159 e. The van der Waals surface area contributed by atoms with Crippen LogP contribution < -0.4 is 9.80 Å². The molecule has 410 valence electrons. The Bertz CT molecular complexity index is 4470. The second-order valence-corrected chi connectivity index (χ2v) is 24.0. The number of hydrogen-bond acceptors (Lipinski definition) is 4. The third-order valence-electron chi connectivity index (χ3n) is 19.4. The number of nitrogens with zero attached hydrogens (tertiary/aromatic N) is 2. The molecular formula is C80H68N2O2. The van der Waals surface area contributed by atoms with E-state index in [-0.39, 0.29) is 0 Å². The van der Waals surface area contributed by atoms with Crippen molar-refractivity contribution in [1.82, 2.24) is 0 Å². The van der Waals surface area contributed by atoms with Crippen LogP contribution in [0.3, 0.4) is 0 Å². The van der Waals surface area contributed by atoms with E-state index in [0.29, 0.717) is 11.8 Å². The summed E-state index contributed by atoms with van der Waals surface area (Å²) in [6.45, 7) is 4.48. The zero-order valence-corrected chi connectivity index (χ0v) is 48.1. The molecule has 2 heterocycles. The summed E-state index contributed by atoms with van der Waals surface area (Å²) < 4.78 is 14.7. The van der Waals surface area contributed by atoms with Crippen LogP contribution in [-0.4, -0.2) is 0 Å². The number of para-hydroxylation sites is 4. The summed E-state index contributed by atoms with van der Waals surface area (Å²) in [5, 5.41) is 11.8. The number of furan rings is 2. The highest BCUT2D eigenvalue weighted by Crippen LogP contribution is 2.52. The first kappa shape index (κ1) is 50.6. The van der Waals surface area contributed by atoms with Gasteiger partial charge in [-0.15, -0.1) is 0 Å². The molecule has 84 heavy (non-hydrogen) atoms. The van der Waals surface area contributed by atoms with Crippen molar-refractivity contribution in [1.29, 1.82) is 0 Å². The molecule has 4 nitrogen and oxygen atoms in total. The molecule has 4 heteroatoms. The van der Waals surface area contributed by atoms with Gasteiger partial charge in [-0.2, -0.15) is 0 Å². The first-order valence-corrected chi connectivity index (χ1v) is 31.2. The summed E-state index contributed by atoms with van der Waals surface area (Å²) in [5.74, 6) is 1.20. The van der Waals surface area contributed by atoms with Crippen LogP contribution >= 0.6 is 0 Å². The van der Waals surface area contributed by atoms with Gasteiger partial charge in [0.1, 0.15) is 11.2 Å². The van der Waals surface area contributed by atoms with Gasteiger partial charge in [0.15, 0.2) is 11.2 Å². The average molecular weight is 1090 g/mol. The molecule has 2 saturated carbocycles. The lowest BCUT2D eigenvalue weighted by Crippen LogP contribution is -2.12. The van der Waals surface area contributed by atoms with Crippen LogP contribution in [-0.2, 0) is 12.8 Å². The Kier molecular flexibility index (Phi) is 12.6. The molecule has 0 saturated heterocycles. The highest BCUT2D eigenvalue weighted by atomic mass is 16.3. The van der Waals surface area contributed by atoms with Crippen LogP contribution in [0.5, 0.6) is 0 Å². The number of benzene rings is 12. The van der Waals surface area contributed by atoms with Gasteiger partial charge in [-0.1, -0.05) is 222 Å². The van der Waals surface area contributed by atoms with Gasteiger partial charge in [-0.3, -0.25) is 0 Å². The zero-order chi connectivity index (χ0) is 55.8. The van der Waals surface area contributed by atoms with Gasteiger partial charge in [0.2, 0.25) is 0 Å². The van der Waals surface area contributed by atoms with E-state index in [1.807, 2.05) is 0 Å². The Morgan fingerprint density at radius 3 is 1.10 bits per heavy atom. The fourth-order valence-corrected chi connectivity index (χ4v) is 15.2. The topological polar surface area (TPSA) is 32.8 Å². The first-order valence-electron chi connectivity index (χ1n) is 31.2. The van der Waals surface area contributed by atoms with Gasteiger partial charge in [0.25, 0.3) is 0 Å². The van der Waals surface area contributed by atoms with Gasteiger partial charge in [-0.05, 0) is 154 Å². The van der Waals surface area contributed by atoms with E-state index in [2.05, 4.69) is 242 Å². The minimum absolute atomic E-state index is 0.599. The van der Waals surface area contributed by atoms with E-state index < -0.39 is 0 Å². The minimum atomic E-state index is 0.599. The third kappa shape index (κ3) is 8.31. The number of rotatable bonds is 12. The summed E-state index contributed by atoms with van der Waals surface area (Å²) in [4.78, 5) is 4.97. The highest BCUT2D eigenvalue weighted by Gasteiger charge is 2.28. The number of anilines is 6. The Morgan fingerprint density at radius 1 is 0.310 bits per heavy atom.